The van der Waals surface area contributed by atoms with Gasteiger partial charge in [-0.25, -0.2) is 0 Å². The standard InChI is InChI=1S/C11H17NO2/c1-4-5-9-6-7-12-10(8-9)11(13-2)14-3/h6-8,11H,4-5H2,1-3H3. The molecule has 1 heterocycles. The molecule has 1 aromatic rings. The Morgan fingerprint density at radius 1 is 1.36 bits per heavy atom. The lowest BCUT2D eigenvalue weighted by Crippen LogP contribution is -2.06. The minimum Gasteiger partial charge on any atom is -0.350 e. The molecule has 0 spiro atoms. The Bertz CT molecular complexity index is 272. The molecule has 0 aliphatic rings. The van der Waals surface area contributed by atoms with E-state index in [2.05, 4.69) is 11.9 Å². The molecule has 0 fully saturated rings. The molecule has 0 radical (unpaired) electrons. The van der Waals surface area contributed by atoms with Gasteiger partial charge >= 0.3 is 0 Å². The normalized spacial score (nSPS) is 10.9. The number of methoxy groups -OCH3 is 2. The fourth-order valence-corrected chi connectivity index (χ4v) is 1.41. The van der Waals surface area contributed by atoms with Crippen molar-refractivity contribution in [3.63, 3.8) is 0 Å². The van der Waals surface area contributed by atoms with Crippen LogP contribution < -0.4 is 0 Å². The van der Waals surface area contributed by atoms with Crippen LogP contribution in [0.15, 0.2) is 18.3 Å². The number of aromatic nitrogens is 1. The van der Waals surface area contributed by atoms with Crippen molar-refractivity contribution in [2.24, 2.45) is 0 Å². The number of nitrogens with zero attached hydrogens (tertiary/aromatic N) is 1. The highest BCUT2D eigenvalue weighted by atomic mass is 16.7. The highest BCUT2D eigenvalue weighted by Gasteiger charge is 2.10. The minimum atomic E-state index is -0.355. The van der Waals surface area contributed by atoms with Gasteiger partial charge in [0.05, 0.1) is 5.69 Å². The van der Waals surface area contributed by atoms with Crippen LogP contribution in [0.5, 0.6) is 0 Å². The van der Waals surface area contributed by atoms with Crippen molar-refractivity contribution in [3.8, 4) is 0 Å². The Labute approximate surface area is 85.1 Å². The van der Waals surface area contributed by atoms with Crippen molar-refractivity contribution in [2.45, 2.75) is 26.1 Å². The lowest BCUT2D eigenvalue weighted by Gasteiger charge is -2.13. The Morgan fingerprint density at radius 3 is 2.64 bits per heavy atom. The summed E-state index contributed by atoms with van der Waals surface area (Å²) < 4.78 is 10.3. The predicted molar refractivity (Wildman–Crippen MR) is 55.0 cm³/mol. The third kappa shape index (κ3) is 2.79. The van der Waals surface area contributed by atoms with Crippen molar-refractivity contribution in [1.82, 2.24) is 4.98 Å². The Morgan fingerprint density at radius 2 is 2.07 bits per heavy atom. The van der Waals surface area contributed by atoms with Crippen molar-refractivity contribution < 1.29 is 9.47 Å². The van der Waals surface area contributed by atoms with Crippen LogP contribution in [-0.4, -0.2) is 19.2 Å². The summed E-state index contributed by atoms with van der Waals surface area (Å²) in [4.78, 5) is 4.21. The second-order valence-electron chi connectivity index (χ2n) is 3.14. The molecule has 1 rings (SSSR count). The van der Waals surface area contributed by atoms with Crippen molar-refractivity contribution in [1.29, 1.82) is 0 Å². The molecule has 0 aromatic carbocycles. The van der Waals surface area contributed by atoms with Crippen LogP contribution in [0.3, 0.4) is 0 Å². The first-order valence-electron chi connectivity index (χ1n) is 4.82. The van der Waals surface area contributed by atoms with Crippen molar-refractivity contribution in [3.05, 3.63) is 29.6 Å². The maximum absolute atomic E-state index is 5.13. The van der Waals surface area contributed by atoms with E-state index in [0.717, 1.165) is 18.5 Å². The van der Waals surface area contributed by atoms with Gasteiger partial charge in [-0.3, -0.25) is 4.98 Å². The van der Waals surface area contributed by atoms with Crippen molar-refractivity contribution >= 4 is 0 Å². The van der Waals surface area contributed by atoms with Crippen LogP contribution in [0.1, 0.15) is 30.9 Å². The van der Waals surface area contributed by atoms with E-state index in [0.29, 0.717) is 0 Å². The van der Waals surface area contributed by atoms with Crippen LogP contribution in [0.4, 0.5) is 0 Å². The van der Waals surface area contributed by atoms with E-state index in [9.17, 15) is 0 Å². The fourth-order valence-electron chi connectivity index (χ4n) is 1.41. The second kappa shape index (κ2) is 5.73. The molecule has 3 nitrogen and oxygen atoms in total. The Hall–Kier alpha value is -0.930. The van der Waals surface area contributed by atoms with Gasteiger partial charge in [-0.1, -0.05) is 13.3 Å². The zero-order valence-electron chi connectivity index (χ0n) is 8.99. The van der Waals surface area contributed by atoms with Gasteiger partial charge in [0.15, 0.2) is 0 Å². The first-order chi connectivity index (χ1) is 6.81. The average Bonchev–Trinajstić information content (AvgIpc) is 2.21. The molecule has 0 N–H and O–H groups in total. The highest BCUT2D eigenvalue weighted by Crippen LogP contribution is 2.16. The van der Waals surface area contributed by atoms with Gasteiger partial charge in [-0.05, 0) is 24.1 Å². The van der Waals surface area contributed by atoms with E-state index in [4.69, 9.17) is 9.47 Å². The van der Waals surface area contributed by atoms with E-state index in [-0.39, 0.29) is 6.29 Å². The summed E-state index contributed by atoms with van der Waals surface area (Å²) in [5, 5.41) is 0. The van der Waals surface area contributed by atoms with Crippen LogP contribution in [0.25, 0.3) is 0 Å². The van der Waals surface area contributed by atoms with Gasteiger partial charge in [0.1, 0.15) is 0 Å². The molecule has 0 saturated heterocycles. The second-order valence-corrected chi connectivity index (χ2v) is 3.14. The Balaban J connectivity index is 2.81. The van der Waals surface area contributed by atoms with Gasteiger partial charge in [0.2, 0.25) is 6.29 Å². The van der Waals surface area contributed by atoms with Gasteiger partial charge in [-0.2, -0.15) is 0 Å². The van der Waals surface area contributed by atoms with E-state index in [1.807, 2.05) is 12.1 Å². The van der Waals surface area contributed by atoms with Crippen molar-refractivity contribution in [2.75, 3.05) is 14.2 Å². The quantitative estimate of drug-likeness (QED) is 0.676. The largest absolute Gasteiger partial charge is 0.350 e. The fraction of sp³-hybridized carbons (Fsp3) is 0.545. The molecule has 0 atom stereocenters. The summed E-state index contributed by atoms with van der Waals surface area (Å²) in [5.41, 5.74) is 2.11. The maximum Gasteiger partial charge on any atom is 0.200 e. The van der Waals surface area contributed by atoms with Crippen LogP contribution in [0, 0.1) is 0 Å². The lowest BCUT2D eigenvalue weighted by atomic mass is 10.1. The van der Waals surface area contributed by atoms with Gasteiger partial charge in [0.25, 0.3) is 0 Å². The number of hydrogen-bond acceptors (Lipinski definition) is 3. The number of pyridine rings is 1. The molecule has 0 unspecified atom stereocenters. The molecule has 0 amide bonds. The van der Waals surface area contributed by atoms with Gasteiger partial charge in [0, 0.05) is 20.4 Å². The molecular formula is C11H17NO2. The zero-order chi connectivity index (χ0) is 10.4. The summed E-state index contributed by atoms with van der Waals surface area (Å²) in [6, 6.07) is 4.05. The number of aryl methyl sites for hydroxylation is 1. The highest BCUT2D eigenvalue weighted by molar-refractivity contribution is 5.17. The molecular weight excluding hydrogens is 178 g/mol. The molecule has 14 heavy (non-hydrogen) atoms. The van der Waals surface area contributed by atoms with Crippen LogP contribution in [-0.2, 0) is 15.9 Å². The molecule has 0 aliphatic carbocycles. The average molecular weight is 195 g/mol. The molecule has 0 saturated carbocycles. The summed E-state index contributed by atoms with van der Waals surface area (Å²) in [5.74, 6) is 0. The maximum atomic E-state index is 5.13. The Kier molecular flexibility index (Phi) is 4.56. The van der Waals surface area contributed by atoms with Gasteiger partial charge in [-0.15, -0.1) is 0 Å². The summed E-state index contributed by atoms with van der Waals surface area (Å²) >= 11 is 0. The first-order valence-corrected chi connectivity index (χ1v) is 4.82. The first kappa shape index (κ1) is 11.1. The monoisotopic (exact) mass is 195 g/mol. The summed E-state index contributed by atoms with van der Waals surface area (Å²) in [6.07, 6.45) is 3.64. The molecule has 0 aliphatic heterocycles. The smallest absolute Gasteiger partial charge is 0.200 e. The van der Waals surface area contributed by atoms with E-state index >= 15 is 0 Å². The number of rotatable bonds is 5. The zero-order valence-corrected chi connectivity index (χ0v) is 8.99. The SMILES string of the molecule is CCCc1ccnc(C(OC)OC)c1. The van der Waals surface area contributed by atoms with Gasteiger partial charge < -0.3 is 9.47 Å². The minimum absolute atomic E-state index is 0.355. The summed E-state index contributed by atoms with van der Waals surface area (Å²) in [7, 11) is 3.23. The van der Waals surface area contributed by atoms with E-state index < -0.39 is 0 Å². The predicted octanol–water partition coefficient (Wildman–Crippen LogP) is 2.33. The van der Waals surface area contributed by atoms with E-state index in [1.54, 1.807) is 20.4 Å². The molecule has 0 bridgehead atoms. The third-order valence-electron chi connectivity index (χ3n) is 2.05. The van der Waals surface area contributed by atoms with Crippen LogP contribution in [0.2, 0.25) is 0 Å². The lowest BCUT2D eigenvalue weighted by molar-refractivity contribution is -0.108. The molecule has 78 valence electrons. The molecule has 3 heteroatoms. The topological polar surface area (TPSA) is 31.4 Å². The van der Waals surface area contributed by atoms with Crippen LogP contribution >= 0.6 is 0 Å². The third-order valence-corrected chi connectivity index (χ3v) is 2.05. The summed E-state index contributed by atoms with van der Waals surface area (Å²) in [6.45, 7) is 2.16. The number of ether oxygens (including phenoxy) is 2. The van der Waals surface area contributed by atoms with E-state index in [1.165, 1.54) is 5.56 Å². The number of hydrogen-bond donors (Lipinski definition) is 0. The molecule has 1 aromatic heterocycles.